The SMILES string of the molecule is CO[Si](CCCSCCCOc1ccc(C(C)(C)c2ccc(C)cc2)cc1)(OC)OC.CO[Si](CCCSCCCc1cc(C(C)(C)c2cc(C)c(O)c(C)c2)cc(C)c1O)(OC)OC.CO[Si](CCCSCCCc1cc(C(C)(C)c2ccc(O)c(C)c2)ccc1O)(OC)OC.CO[Si](CCCSCCCc1cc(Cc2ccc(O)c(C)c2)ccc1O)(OC)OC. The van der Waals surface area contributed by atoms with E-state index in [0.29, 0.717) is 34.5 Å². The number of hydrogen-bond donors (Lipinski definition) is 6. The van der Waals surface area contributed by atoms with E-state index in [1.807, 2.05) is 118 Å². The first kappa shape index (κ1) is 112. The largest absolute Gasteiger partial charge is 0.508 e. The van der Waals surface area contributed by atoms with Crippen LogP contribution in [0.1, 0.15) is 187 Å². The Kier molecular flexibility index (Phi) is 49.4. The van der Waals surface area contributed by atoms with E-state index in [0.717, 1.165) is 226 Å². The van der Waals surface area contributed by atoms with Gasteiger partial charge in [-0.05, 0) is 290 Å². The fourth-order valence-electron chi connectivity index (χ4n) is 15.0. The van der Waals surface area contributed by atoms with Crippen molar-refractivity contribution in [1.29, 1.82) is 0 Å². The van der Waals surface area contributed by atoms with Crippen molar-refractivity contribution in [3.05, 3.63) is 240 Å². The van der Waals surface area contributed by atoms with Crippen LogP contribution in [-0.4, -0.2) is 204 Å². The Labute approximate surface area is 784 Å². The molecule has 8 aromatic carbocycles. The van der Waals surface area contributed by atoms with Crippen molar-refractivity contribution in [2.45, 2.75) is 201 Å². The molecule has 0 aliphatic heterocycles. The second kappa shape index (κ2) is 56.2. The number of benzene rings is 8. The van der Waals surface area contributed by atoms with Gasteiger partial charge in [0.05, 0.1) is 6.61 Å². The lowest BCUT2D eigenvalue weighted by Crippen LogP contribution is -2.42. The molecular formula is C100H152O19S4Si4. The minimum Gasteiger partial charge on any atom is -0.508 e. The number of hydrogen-bond acceptors (Lipinski definition) is 23. The summed E-state index contributed by atoms with van der Waals surface area (Å²) in [4.78, 5) is 0. The molecule has 0 heterocycles. The molecule has 0 amide bonds. The van der Waals surface area contributed by atoms with Gasteiger partial charge in [0, 0.05) is 126 Å². The molecule has 0 aliphatic carbocycles. The first-order valence-electron chi connectivity index (χ1n) is 44.1. The highest BCUT2D eigenvalue weighted by molar-refractivity contribution is 7.99. The minimum absolute atomic E-state index is 0.0300. The first-order chi connectivity index (χ1) is 60.5. The van der Waals surface area contributed by atoms with Crippen LogP contribution < -0.4 is 4.74 Å². The Bertz CT molecular complexity index is 4450. The molecule has 0 unspecified atom stereocenters. The predicted octanol–water partition coefficient (Wildman–Crippen LogP) is 23.0. The average Bonchev–Trinajstić information content (AvgIpc) is 0.780. The van der Waals surface area contributed by atoms with Crippen molar-refractivity contribution in [1.82, 2.24) is 0 Å². The maximum atomic E-state index is 10.7. The van der Waals surface area contributed by atoms with Gasteiger partial charge in [0.2, 0.25) is 0 Å². The number of thioether (sulfide) groups is 4. The first-order valence-corrected chi connectivity index (χ1v) is 56.4. The second-order valence-electron chi connectivity index (χ2n) is 33.7. The van der Waals surface area contributed by atoms with Crippen molar-refractivity contribution in [2.75, 3.05) is 138 Å². The Hall–Kier alpha value is -5.85. The fraction of sp³-hybridized carbons (Fsp3) is 0.520. The highest BCUT2D eigenvalue weighted by Crippen LogP contribution is 2.41. The fourth-order valence-corrected chi connectivity index (χ4v) is 26.5. The summed E-state index contributed by atoms with van der Waals surface area (Å²) >= 11 is 7.68. The van der Waals surface area contributed by atoms with Crippen LogP contribution in [0.15, 0.2) is 146 Å². The lowest BCUT2D eigenvalue weighted by atomic mass is 9.76. The summed E-state index contributed by atoms with van der Waals surface area (Å²) in [6.07, 6.45) is 11.4. The quantitative estimate of drug-likeness (QED) is 0.0153. The second-order valence-corrected chi connectivity index (χ2v) is 51.0. The summed E-state index contributed by atoms with van der Waals surface area (Å²) in [6.45, 7) is 25.8. The summed E-state index contributed by atoms with van der Waals surface area (Å²) in [7, 11) is 10.0. The van der Waals surface area contributed by atoms with Crippen molar-refractivity contribution in [3.8, 4) is 40.2 Å². The zero-order valence-electron chi connectivity index (χ0n) is 80.7. The van der Waals surface area contributed by atoms with E-state index in [-0.39, 0.29) is 16.2 Å². The summed E-state index contributed by atoms with van der Waals surface area (Å²) in [5.74, 6) is 11.4. The molecule has 706 valence electrons. The third kappa shape index (κ3) is 34.9. The Morgan fingerprint density at radius 3 is 0.953 bits per heavy atom. The molecule has 8 rings (SSSR count). The van der Waals surface area contributed by atoms with E-state index in [9.17, 15) is 30.6 Å². The van der Waals surface area contributed by atoms with Gasteiger partial charge in [0.1, 0.15) is 40.2 Å². The number of aryl methyl sites for hydroxylation is 9. The summed E-state index contributed by atoms with van der Waals surface area (Å²) in [5, 5.41) is 61.1. The third-order valence-electron chi connectivity index (χ3n) is 23.9. The van der Waals surface area contributed by atoms with Gasteiger partial charge in [-0.1, -0.05) is 156 Å². The van der Waals surface area contributed by atoms with Crippen molar-refractivity contribution < 1.29 is 88.5 Å². The third-order valence-corrected chi connectivity index (χ3v) is 39.9. The molecule has 0 aromatic heterocycles. The molecule has 0 saturated heterocycles. The predicted molar refractivity (Wildman–Crippen MR) is 538 cm³/mol. The molecule has 6 N–H and O–H groups in total. The van der Waals surface area contributed by atoms with Crippen LogP contribution >= 0.6 is 47.0 Å². The summed E-state index contributed by atoms with van der Waals surface area (Å²) in [6, 6.07) is 52.2. The number of aromatic hydroxyl groups is 6. The molecule has 0 fully saturated rings. The molecular weight excluding hydrogens is 1750 g/mol. The van der Waals surface area contributed by atoms with Gasteiger partial charge in [-0.25, -0.2) is 0 Å². The van der Waals surface area contributed by atoms with Crippen molar-refractivity contribution >= 4 is 82.3 Å². The van der Waals surface area contributed by atoms with Crippen LogP contribution in [0, 0.1) is 41.5 Å². The van der Waals surface area contributed by atoms with Crippen LogP contribution in [0.5, 0.6) is 40.2 Å². The lowest BCUT2D eigenvalue weighted by molar-refractivity contribution is 0.123. The Balaban J connectivity index is 0.000000301. The van der Waals surface area contributed by atoms with Gasteiger partial charge in [-0.15, -0.1) is 0 Å². The minimum atomic E-state index is -2.48. The Morgan fingerprint density at radius 1 is 0.268 bits per heavy atom. The molecule has 0 spiro atoms. The van der Waals surface area contributed by atoms with E-state index in [2.05, 4.69) is 133 Å². The highest BCUT2D eigenvalue weighted by atomic mass is 32.2. The molecule has 0 saturated carbocycles. The standard InChI is InChI=1S/C27H42O5SSi.C25H38O5SSi.C25H38O4SSi.C23H34O5SSi/c1-19-15-23(16-20(2)25(19)28)27(4,5)24-17-21(3)26(29)22(18-24)11-9-12-33-13-10-14-34(30-6,31-7)32-8;1-19-17-21(10-12-23(19)26)25(2,3)22-11-13-24(27)20(18-22)9-7-14-31-15-8-16-32(28-4,29-5)30-6;1-21-9-11-22(12-10-21)25(2,3)23-13-15-24(16-14-23)29-17-7-18-30-19-8-20-31(26-4,27-5)28-6;1-18-15-19(8-10-22(18)24)16-20-9-11-23(25)21(17-20)7-5-12-29-13-6-14-30(26-2,27-3)28-4/h15-18,28-29H,9-14H2,1-8H3;10-13,17-18,26-27H,7-9,14-16H2,1-6H3;9-16H,7-8,17-20H2,1-6H3;8-11,15,17,24-25H,5-7,12-14,16H2,1-4H3. The topological polar surface area (TPSA) is 241 Å². The molecule has 0 bridgehead atoms. The summed E-state index contributed by atoms with van der Waals surface area (Å²) < 4.78 is 71.5. The number of ether oxygens (including phenoxy) is 1. The van der Waals surface area contributed by atoms with Gasteiger partial charge < -0.3 is 88.5 Å². The van der Waals surface area contributed by atoms with Gasteiger partial charge >= 0.3 is 35.2 Å². The van der Waals surface area contributed by atoms with E-state index in [4.69, 9.17) is 57.8 Å². The summed E-state index contributed by atoms with van der Waals surface area (Å²) in [5.41, 5.74) is 17.8. The molecule has 127 heavy (non-hydrogen) atoms. The van der Waals surface area contributed by atoms with E-state index < -0.39 is 35.2 Å². The molecule has 19 nitrogen and oxygen atoms in total. The average molecular weight is 1900 g/mol. The van der Waals surface area contributed by atoms with Gasteiger partial charge in [-0.3, -0.25) is 0 Å². The molecule has 0 atom stereocenters. The van der Waals surface area contributed by atoms with Crippen LogP contribution in [-0.2, 0) is 95.0 Å². The smallest absolute Gasteiger partial charge is 0.500 e. The maximum Gasteiger partial charge on any atom is 0.500 e. The zero-order chi connectivity index (χ0) is 94.0. The van der Waals surface area contributed by atoms with Crippen molar-refractivity contribution in [3.63, 3.8) is 0 Å². The zero-order valence-corrected chi connectivity index (χ0v) is 87.9. The molecule has 0 aliphatic rings. The maximum absolute atomic E-state index is 10.7. The molecule has 8 aromatic rings. The number of phenolic OH excluding ortho intramolecular Hbond substituents is 6. The lowest BCUT2D eigenvalue weighted by Gasteiger charge is -2.29. The van der Waals surface area contributed by atoms with Gasteiger partial charge in [0.25, 0.3) is 0 Å². The van der Waals surface area contributed by atoms with E-state index in [1.165, 1.54) is 27.8 Å². The van der Waals surface area contributed by atoms with Gasteiger partial charge in [0.15, 0.2) is 0 Å². The van der Waals surface area contributed by atoms with Crippen molar-refractivity contribution in [2.24, 2.45) is 0 Å². The normalized spacial score (nSPS) is 12.2. The Morgan fingerprint density at radius 2 is 0.551 bits per heavy atom. The van der Waals surface area contributed by atoms with Crippen LogP contribution in [0.25, 0.3) is 0 Å². The van der Waals surface area contributed by atoms with E-state index >= 15 is 0 Å². The van der Waals surface area contributed by atoms with Crippen LogP contribution in [0.4, 0.5) is 0 Å². The monoisotopic (exact) mass is 1900 g/mol. The van der Waals surface area contributed by atoms with E-state index in [1.54, 1.807) is 110 Å². The highest BCUT2D eigenvalue weighted by Gasteiger charge is 2.40. The van der Waals surface area contributed by atoms with Gasteiger partial charge in [-0.2, -0.15) is 47.0 Å². The number of rotatable bonds is 53. The molecule has 0 radical (unpaired) electrons. The number of phenols is 6. The van der Waals surface area contributed by atoms with Crippen LogP contribution in [0.2, 0.25) is 24.2 Å². The van der Waals surface area contributed by atoms with Crippen LogP contribution in [0.3, 0.4) is 0 Å². The molecule has 27 heteroatoms.